The number of anilines is 1. The molecule has 1 N–H and O–H groups in total. The average Bonchev–Trinajstić information content (AvgIpc) is 2.95. The highest BCUT2D eigenvalue weighted by molar-refractivity contribution is 6.05. The van der Waals surface area contributed by atoms with Gasteiger partial charge in [-0.15, -0.1) is 0 Å². The van der Waals surface area contributed by atoms with Crippen molar-refractivity contribution < 1.29 is 9.21 Å². The first-order valence-corrected chi connectivity index (χ1v) is 6.50. The van der Waals surface area contributed by atoms with Gasteiger partial charge in [0.05, 0.1) is 0 Å². The fourth-order valence-electron chi connectivity index (χ4n) is 2.02. The van der Waals surface area contributed by atoms with Crippen molar-refractivity contribution in [3.8, 4) is 0 Å². The third-order valence-corrected chi connectivity index (χ3v) is 3.21. The van der Waals surface area contributed by atoms with Gasteiger partial charge in [-0.2, -0.15) is 0 Å². The summed E-state index contributed by atoms with van der Waals surface area (Å²) in [6.07, 6.45) is 2.35. The number of hydrogen-bond donors (Lipinski definition) is 1. The second kappa shape index (κ2) is 5.17. The summed E-state index contributed by atoms with van der Waals surface area (Å²) in [6, 6.07) is 13.0. The topological polar surface area (TPSA) is 55.1 Å². The molecule has 0 fully saturated rings. The van der Waals surface area contributed by atoms with E-state index in [1.807, 2.05) is 24.3 Å². The average molecular weight is 266 g/mol. The van der Waals surface area contributed by atoms with Crippen LogP contribution in [0, 0.1) is 0 Å². The number of nitrogens with one attached hydrogen (secondary N) is 1. The van der Waals surface area contributed by atoms with Gasteiger partial charge in [-0.25, -0.2) is 4.98 Å². The summed E-state index contributed by atoms with van der Waals surface area (Å²) in [5, 5.41) is 2.87. The maximum absolute atomic E-state index is 12.2. The molecule has 0 spiro atoms. The van der Waals surface area contributed by atoms with Crippen LogP contribution < -0.4 is 5.32 Å². The Morgan fingerprint density at radius 2 is 2.00 bits per heavy atom. The van der Waals surface area contributed by atoms with E-state index in [4.69, 9.17) is 4.42 Å². The maximum atomic E-state index is 12.2. The van der Waals surface area contributed by atoms with Gasteiger partial charge in [0.1, 0.15) is 5.52 Å². The van der Waals surface area contributed by atoms with Gasteiger partial charge in [0.15, 0.2) is 12.0 Å². The Labute approximate surface area is 116 Å². The smallest absolute Gasteiger partial charge is 0.255 e. The molecule has 1 heterocycles. The molecule has 1 amide bonds. The van der Waals surface area contributed by atoms with E-state index in [1.54, 1.807) is 18.2 Å². The molecular formula is C16H14N2O2. The molecule has 4 heteroatoms. The van der Waals surface area contributed by atoms with Crippen LogP contribution in [0.4, 0.5) is 5.69 Å². The molecular weight excluding hydrogens is 252 g/mol. The van der Waals surface area contributed by atoms with Crippen molar-refractivity contribution in [1.82, 2.24) is 4.98 Å². The molecule has 0 aliphatic heterocycles. The summed E-state index contributed by atoms with van der Waals surface area (Å²) in [5.74, 6) is -0.160. The number of carbonyl (C=O) groups excluding carboxylic acids is 1. The second-order valence-electron chi connectivity index (χ2n) is 4.54. The monoisotopic (exact) mass is 266 g/mol. The van der Waals surface area contributed by atoms with E-state index < -0.39 is 0 Å². The molecule has 0 atom stereocenters. The molecule has 0 aliphatic carbocycles. The first-order valence-electron chi connectivity index (χ1n) is 6.50. The quantitative estimate of drug-likeness (QED) is 0.787. The van der Waals surface area contributed by atoms with Crippen molar-refractivity contribution in [2.24, 2.45) is 0 Å². The van der Waals surface area contributed by atoms with E-state index in [0.717, 1.165) is 17.6 Å². The molecule has 2 aromatic carbocycles. The number of benzene rings is 2. The van der Waals surface area contributed by atoms with E-state index in [1.165, 1.54) is 12.0 Å². The van der Waals surface area contributed by atoms with Crippen LogP contribution in [-0.2, 0) is 6.42 Å². The number of aromatic nitrogens is 1. The molecule has 1 aromatic heterocycles. The Bertz CT molecular complexity index is 745. The SMILES string of the molecule is CCc1ccc(NC(=O)c2ccc3ncoc3c2)cc1. The molecule has 0 bridgehead atoms. The highest BCUT2D eigenvalue weighted by Crippen LogP contribution is 2.16. The molecule has 3 rings (SSSR count). The zero-order valence-electron chi connectivity index (χ0n) is 11.1. The number of aryl methyl sites for hydroxylation is 1. The van der Waals surface area contributed by atoms with E-state index in [9.17, 15) is 4.79 Å². The highest BCUT2D eigenvalue weighted by Gasteiger charge is 2.08. The number of rotatable bonds is 3. The van der Waals surface area contributed by atoms with Gasteiger partial charge >= 0.3 is 0 Å². The third kappa shape index (κ3) is 2.40. The number of carbonyl (C=O) groups is 1. The Morgan fingerprint density at radius 1 is 1.20 bits per heavy atom. The Morgan fingerprint density at radius 3 is 2.75 bits per heavy atom. The molecule has 0 saturated carbocycles. The molecule has 0 aliphatic rings. The number of oxazole rings is 1. The van der Waals surface area contributed by atoms with Crippen molar-refractivity contribution in [3.63, 3.8) is 0 Å². The third-order valence-electron chi connectivity index (χ3n) is 3.21. The predicted octanol–water partition coefficient (Wildman–Crippen LogP) is 3.64. The van der Waals surface area contributed by atoms with Crippen molar-refractivity contribution in [1.29, 1.82) is 0 Å². The Balaban J connectivity index is 1.80. The fraction of sp³-hybridized carbons (Fsp3) is 0.125. The van der Waals surface area contributed by atoms with E-state index in [-0.39, 0.29) is 5.91 Å². The Kier molecular flexibility index (Phi) is 3.21. The zero-order valence-corrected chi connectivity index (χ0v) is 11.1. The normalized spacial score (nSPS) is 10.7. The van der Waals surface area contributed by atoms with Crippen LogP contribution in [-0.4, -0.2) is 10.9 Å². The number of amides is 1. The standard InChI is InChI=1S/C16H14N2O2/c1-2-11-3-6-13(7-4-11)18-16(19)12-5-8-14-15(9-12)20-10-17-14/h3-10H,2H2,1H3,(H,18,19). The minimum absolute atomic E-state index is 0.160. The number of nitrogens with zero attached hydrogens (tertiary/aromatic N) is 1. The lowest BCUT2D eigenvalue weighted by molar-refractivity contribution is 0.102. The largest absolute Gasteiger partial charge is 0.443 e. The van der Waals surface area contributed by atoms with Gasteiger partial charge in [0.2, 0.25) is 0 Å². The van der Waals surface area contributed by atoms with Crippen LogP contribution in [0.3, 0.4) is 0 Å². The van der Waals surface area contributed by atoms with E-state index in [2.05, 4.69) is 17.2 Å². The Hall–Kier alpha value is -2.62. The van der Waals surface area contributed by atoms with E-state index in [0.29, 0.717) is 11.1 Å². The molecule has 4 nitrogen and oxygen atoms in total. The van der Waals surface area contributed by atoms with Crippen LogP contribution in [0.2, 0.25) is 0 Å². The van der Waals surface area contributed by atoms with Crippen LogP contribution in [0.1, 0.15) is 22.8 Å². The second-order valence-corrected chi connectivity index (χ2v) is 4.54. The minimum atomic E-state index is -0.160. The van der Waals surface area contributed by atoms with Gasteiger partial charge in [-0.1, -0.05) is 19.1 Å². The van der Waals surface area contributed by atoms with E-state index >= 15 is 0 Å². The molecule has 0 unspecified atom stereocenters. The summed E-state index contributed by atoms with van der Waals surface area (Å²) in [6.45, 7) is 2.10. The van der Waals surface area contributed by atoms with Crippen LogP contribution in [0.15, 0.2) is 53.3 Å². The summed E-state index contributed by atoms with van der Waals surface area (Å²) < 4.78 is 5.20. The summed E-state index contributed by atoms with van der Waals surface area (Å²) in [5.41, 5.74) is 3.93. The molecule has 3 aromatic rings. The minimum Gasteiger partial charge on any atom is -0.443 e. The summed E-state index contributed by atoms with van der Waals surface area (Å²) in [7, 11) is 0. The van der Waals surface area contributed by atoms with Gasteiger partial charge in [0, 0.05) is 11.3 Å². The van der Waals surface area contributed by atoms with Crippen LogP contribution >= 0.6 is 0 Å². The number of fused-ring (bicyclic) bond motifs is 1. The molecule has 100 valence electrons. The van der Waals surface area contributed by atoms with Crippen molar-refractivity contribution in [3.05, 3.63) is 60.0 Å². The van der Waals surface area contributed by atoms with Gasteiger partial charge in [-0.05, 0) is 42.3 Å². The van der Waals surface area contributed by atoms with Crippen molar-refractivity contribution in [2.45, 2.75) is 13.3 Å². The molecule has 0 radical (unpaired) electrons. The van der Waals surface area contributed by atoms with Gasteiger partial charge in [-0.3, -0.25) is 4.79 Å². The zero-order chi connectivity index (χ0) is 13.9. The first-order chi connectivity index (χ1) is 9.76. The predicted molar refractivity (Wildman–Crippen MR) is 77.8 cm³/mol. The lowest BCUT2D eigenvalue weighted by atomic mass is 10.1. The highest BCUT2D eigenvalue weighted by atomic mass is 16.3. The first kappa shape index (κ1) is 12.4. The van der Waals surface area contributed by atoms with Gasteiger partial charge < -0.3 is 9.73 Å². The summed E-state index contributed by atoms with van der Waals surface area (Å²) >= 11 is 0. The van der Waals surface area contributed by atoms with Crippen LogP contribution in [0.5, 0.6) is 0 Å². The van der Waals surface area contributed by atoms with Crippen molar-refractivity contribution in [2.75, 3.05) is 5.32 Å². The molecule has 0 saturated heterocycles. The molecule has 20 heavy (non-hydrogen) atoms. The van der Waals surface area contributed by atoms with Gasteiger partial charge in [0.25, 0.3) is 5.91 Å². The maximum Gasteiger partial charge on any atom is 0.255 e. The van der Waals surface area contributed by atoms with Crippen LogP contribution in [0.25, 0.3) is 11.1 Å². The lowest BCUT2D eigenvalue weighted by Crippen LogP contribution is -2.11. The number of hydrogen-bond acceptors (Lipinski definition) is 3. The lowest BCUT2D eigenvalue weighted by Gasteiger charge is -2.06. The van der Waals surface area contributed by atoms with Crippen molar-refractivity contribution >= 4 is 22.7 Å². The fourth-order valence-corrected chi connectivity index (χ4v) is 2.02. The summed E-state index contributed by atoms with van der Waals surface area (Å²) in [4.78, 5) is 16.2.